The highest BCUT2D eigenvalue weighted by Gasteiger charge is 2.20. The van der Waals surface area contributed by atoms with Crippen LogP contribution in [0.1, 0.15) is 13.8 Å². The number of carbonyl (C=O) groups is 1. The van der Waals surface area contributed by atoms with Crippen LogP contribution in [0, 0.1) is 0 Å². The quantitative estimate of drug-likeness (QED) is 0.784. The number of amides is 1. The smallest absolute Gasteiger partial charge is 0.228 e. The van der Waals surface area contributed by atoms with E-state index in [2.05, 4.69) is 14.9 Å². The summed E-state index contributed by atoms with van der Waals surface area (Å²) in [5.41, 5.74) is 0. The van der Waals surface area contributed by atoms with Crippen LogP contribution in [0.5, 0.6) is 5.88 Å². The van der Waals surface area contributed by atoms with E-state index in [1.54, 1.807) is 19.2 Å². The van der Waals surface area contributed by atoms with Crippen LogP contribution in [0.2, 0.25) is 0 Å². The number of hydrogen-bond acceptors (Lipinski definition) is 5. The van der Waals surface area contributed by atoms with Crippen LogP contribution in [0.25, 0.3) is 0 Å². The fourth-order valence-electron chi connectivity index (χ4n) is 1.93. The predicted molar refractivity (Wildman–Crippen MR) is 67.7 cm³/mol. The lowest BCUT2D eigenvalue weighted by molar-refractivity contribution is -0.129. The standard InChI is InChI=1S/C12H18N4O2/c1-3-18-11-4-5-13-12(14-11)16-8-6-15(7-9-16)10(2)17/h4-5H,3,6-9H2,1-2H3. The van der Waals surface area contributed by atoms with Gasteiger partial charge in [0.05, 0.1) is 6.61 Å². The van der Waals surface area contributed by atoms with Crippen molar-refractivity contribution in [2.24, 2.45) is 0 Å². The molecule has 0 atom stereocenters. The summed E-state index contributed by atoms with van der Waals surface area (Å²) >= 11 is 0. The summed E-state index contributed by atoms with van der Waals surface area (Å²) in [6.07, 6.45) is 1.70. The van der Waals surface area contributed by atoms with Gasteiger partial charge in [-0.15, -0.1) is 0 Å². The lowest BCUT2D eigenvalue weighted by Crippen LogP contribution is -2.48. The number of ether oxygens (including phenoxy) is 1. The lowest BCUT2D eigenvalue weighted by atomic mass is 10.3. The van der Waals surface area contributed by atoms with Crippen molar-refractivity contribution in [3.8, 4) is 5.88 Å². The molecule has 6 nitrogen and oxygen atoms in total. The van der Waals surface area contributed by atoms with Crippen molar-refractivity contribution >= 4 is 11.9 Å². The van der Waals surface area contributed by atoms with Crippen LogP contribution in [0.3, 0.4) is 0 Å². The highest BCUT2D eigenvalue weighted by atomic mass is 16.5. The Morgan fingerprint density at radius 1 is 1.39 bits per heavy atom. The van der Waals surface area contributed by atoms with Crippen molar-refractivity contribution in [3.05, 3.63) is 12.3 Å². The predicted octanol–water partition coefficient (Wildman–Crippen LogP) is 0.544. The second kappa shape index (κ2) is 5.66. The summed E-state index contributed by atoms with van der Waals surface area (Å²) in [7, 11) is 0. The molecule has 1 aliphatic rings. The molecule has 1 saturated heterocycles. The Bertz CT molecular complexity index is 416. The van der Waals surface area contributed by atoms with Gasteiger partial charge in [0, 0.05) is 45.4 Å². The monoisotopic (exact) mass is 250 g/mol. The third kappa shape index (κ3) is 2.88. The van der Waals surface area contributed by atoms with Gasteiger partial charge in [-0.25, -0.2) is 4.98 Å². The summed E-state index contributed by atoms with van der Waals surface area (Å²) in [5, 5.41) is 0. The number of hydrogen-bond donors (Lipinski definition) is 0. The summed E-state index contributed by atoms with van der Waals surface area (Å²) in [4.78, 5) is 23.7. The van der Waals surface area contributed by atoms with Crippen molar-refractivity contribution in [2.45, 2.75) is 13.8 Å². The zero-order valence-corrected chi connectivity index (χ0v) is 10.8. The molecule has 98 valence electrons. The highest BCUT2D eigenvalue weighted by molar-refractivity contribution is 5.73. The van der Waals surface area contributed by atoms with E-state index in [4.69, 9.17) is 4.74 Å². The number of nitrogens with zero attached hydrogens (tertiary/aromatic N) is 4. The van der Waals surface area contributed by atoms with E-state index < -0.39 is 0 Å². The minimum atomic E-state index is 0.124. The van der Waals surface area contributed by atoms with Gasteiger partial charge in [-0.2, -0.15) is 4.98 Å². The molecule has 2 rings (SSSR count). The van der Waals surface area contributed by atoms with E-state index >= 15 is 0 Å². The van der Waals surface area contributed by atoms with Gasteiger partial charge in [0.2, 0.25) is 17.7 Å². The minimum absolute atomic E-state index is 0.124. The molecule has 0 aromatic carbocycles. The fraction of sp³-hybridized carbons (Fsp3) is 0.583. The molecule has 0 bridgehead atoms. The van der Waals surface area contributed by atoms with Gasteiger partial charge >= 0.3 is 0 Å². The molecule has 2 heterocycles. The molecule has 0 radical (unpaired) electrons. The van der Waals surface area contributed by atoms with Gasteiger partial charge < -0.3 is 14.5 Å². The van der Waals surface area contributed by atoms with Crippen molar-refractivity contribution in [3.63, 3.8) is 0 Å². The van der Waals surface area contributed by atoms with E-state index in [0.717, 1.165) is 26.2 Å². The molecular formula is C12H18N4O2. The highest BCUT2D eigenvalue weighted by Crippen LogP contribution is 2.14. The molecule has 1 fully saturated rings. The molecule has 0 aliphatic carbocycles. The first-order valence-corrected chi connectivity index (χ1v) is 6.17. The summed E-state index contributed by atoms with van der Waals surface area (Å²) in [6, 6.07) is 1.75. The van der Waals surface area contributed by atoms with Crippen molar-refractivity contribution in [1.29, 1.82) is 0 Å². The zero-order chi connectivity index (χ0) is 13.0. The molecule has 1 aromatic heterocycles. The second-order valence-electron chi connectivity index (χ2n) is 4.12. The van der Waals surface area contributed by atoms with Gasteiger partial charge in [-0.1, -0.05) is 0 Å². The molecule has 1 aromatic rings. The lowest BCUT2D eigenvalue weighted by Gasteiger charge is -2.34. The molecule has 6 heteroatoms. The first kappa shape index (κ1) is 12.6. The minimum Gasteiger partial charge on any atom is -0.478 e. The van der Waals surface area contributed by atoms with Crippen molar-refractivity contribution < 1.29 is 9.53 Å². The molecular weight excluding hydrogens is 232 g/mol. The molecule has 0 saturated carbocycles. The first-order valence-electron chi connectivity index (χ1n) is 6.17. The summed E-state index contributed by atoms with van der Waals surface area (Å²) in [5.74, 6) is 1.39. The number of anilines is 1. The molecule has 0 N–H and O–H groups in total. The van der Waals surface area contributed by atoms with E-state index in [1.807, 2.05) is 11.8 Å². The van der Waals surface area contributed by atoms with Crippen LogP contribution >= 0.6 is 0 Å². The van der Waals surface area contributed by atoms with Crippen LogP contribution in [-0.4, -0.2) is 53.6 Å². The molecule has 18 heavy (non-hydrogen) atoms. The second-order valence-corrected chi connectivity index (χ2v) is 4.12. The fourth-order valence-corrected chi connectivity index (χ4v) is 1.93. The molecule has 0 unspecified atom stereocenters. The Morgan fingerprint density at radius 3 is 2.72 bits per heavy atom. The van der Waals surface area contributed by atoms with E-state index in [-0.39, 0.29) is 5.91 Å². The van der Waals surface area contributed by atoms with Gasteiger partial charge in [0.25, 0.3) is 0 Å². The molecule has 1 amide bonds. The third-order valence-corrected chi connectivity index (χ3v) is 2.92. The SMILES string of the molecule is CCOc1ccnc(N2CCN(C(C)=O)CC2)n1. The Kier molecular flexibility index (Phi) is 3.96. The maximum atomic E-state index is 11.2. The van der Waals surface area contributed by atoms with Crippen molar-refractivity contribution in [2.75, 3.05) is 37.7 Å². The van der Waals surface area contributed by atoms with Gasteiger partial charge in [-0.3, -0.25) is 4.79 Å². The van der Waals surface area contributed by atoms with Crippen LogP contribution in [-0.2, 0) is 4.79 Å². The van der Waals surface area contributed by atoms with Gasteiger partial charge in [-0.05, 0) is 6.92 Å². The Balaban J connectivity index is 2.00. The average Bonchev–Trinajstić information content (AvgIpc) is 2.39. The van der Waals surface area contributed by atoms with Crippen LogP contribution < -0.4 is 9.64 Å². The Morgan fingerprint density at radius 2 is 2.11 bits per heavy atom. The van der Waals surface area contributed by atoms with E-state index in [9.17, 15) is 4.79 Å². The van der Waals surface area contributed by atoms with Gasteiger partial charge in [0.1, 0.15) is 0 Å². The normalized spacial score (nSPS) is 15.7. The number of piperazine rings is 1. The van der Waals surface area contributed by atoms with Gasteiger partial charge in [0.15, 0.2) is 0 Å². The average molecular weight is 250 g/mol. The zero-order valence-electron chi connectivity index (χ0n) is 10.8. The number of carbonyl (C=O) groups excluding carboxylic acids is 1. The first-order chi connectivity index (χ1) is 8.70. The van der Waals surface area contributed by atoms with Crippen LogP contribution in [0.15, 0.2) is 12.3 Å². The number of rotatable bonds is 3. The maximum absolute atomic E-state index is 11.2. The van der Waals surface area contributed by atoms with Crippen molar-refractivity contribution in [1.82, 2.24) is 14.9 Å². The van der Waals surface area contributed by atoms with Crippen LogP contribution in [0.4, 0.5) is 5.95 Å². The molecule has 0 spiro atoms. The topological polar surface area (TPSA) is 58.6 Å². The largest absolute Gasteiger partial charge is 0.478 e. The van der Waals surface area contributed by atoms with E-state index in [0.29, 0.717) is 18.4 Å². The molecule has 1 aliphatic heterocycles. The Hall–Kier alpha value is -1.85. The van der Waals surface area contributed by atoms with E-state index in [1.165, 1.54) is 0 Å². The number of aromatic nitrogens is 2. The summed E-state index contributed by atoms with van der Waals surface area (Å²) < 4.78 is 5.35. The summed E-state index contributed by atoms with van der Waals surface area (Å²) in [6.45, 7) is 7.07. The maximum Gasteiger partial charge on any atom is 0.228 e. The third-order valence-electron chi connectivity index (χ3n) is 2.92. The Labute approximate surface area is 107 Å².